The number of rotatable bonds is 4. The molecule has 2 heterocycles. The van der Waals surface area contributed by atoms with Gasteiger partial charge in [-0.2, -0.15) is 0 Å². The first-order valence-electron chi connectivity index (χ1n) is 14.1. The number of hydrogen-bond donors (Lipinski definition) is 0. The number of likely N-dealkylation sites (tertiary alicyclic amines) is 2. The van der Waals surface area contributed by atoms with Crippen LogP contribution in [0.5, 0.6) is 0 Å². The van der Waals surface area contributed by atoms with Gasteiger partial charge in [-0.3, -0.25) is 9.59 Å². The highest BCUT2D eigenvalue weighted by molar-refractivity contribution is 5.80. The fourth-order valence-corrected chi connectivity index (χ4v) is 5.21. The summed E-state index contributed by atoms with van der Waals surface area (Å²) in [6.45, 7) is 16.0. The predicted molar refractivity (Wildman–Crippen MR) is 158 cm³/mol. The Bertz CT molecular complexity index is 928. The molecule has 5 atom stereocenters. The number of benzene rings is 2. The van der Waals surface area contributed by atoms with Crippen molar-refractivity contribution < 1.29 is 9.59 Å². The molecule has 5 unspecified atom stereocenters. The zero-order chi connectivity index (χ0) is 28.0. The summed E-state index contributed by atoms with van der Waals surface area (Å²) < 4.78 is 0. The van der Waals surface area contributed by atoms with Gasteiger partial charge in [0.25, 0.3) is 0 Å². The van der Waals surface area contributed by atoms with E-state index >= 15 is 0 Å². The largest absolute Gasteiger partial charge is 0.342 e. The molecule has 2 saturated heterocycles. The van der Waals surface area contributed by atoms with Crippen molar-refractivity contribution in [3.05, 3.63) is 84.4 Å². The van der Waals surface area contributed by atoms with Crippen LogP contribution in [0.15, 0.2) is 73.3 Å². The molecule has 0 aromatic heterocycles. The van der Waals surface area contributed by atoms with Crippen molar-refractivity contribution in [1.82, 2.24) is 9.80 Å². The monoisotopic (exact) mass is 506 g/mol. The summed E-state index contributed by atoms with van der Waals surface area (Å²) in [7, 11) is 3.82. The molecular formula is C33H50N2O2. The van der Waals surface area contributed by atoms with Gasteiger partial charge in [0.05, 0.1) is 0 Å². The SMILES string of the molecule is C=CCC1CC(c2ccccc2)C(C)N(C)C1=O.CC.CC.CC1C(c2ccccc2)CCC(=O)N1C. The number of piperidine rings is 2. The first-order valence-corrected chi connectivity index (χ1v) is 14.1. The van der Waals surface area contributed by atoms with Crippen molar-refractivity contribution in [1.29, 1.82) is 0 Å². The summed E-state index contributed by atoms with van der Waals surface area (Å²) in [4.78, 5) is 27.5. The lowest BCUT2D eigenvalue weighted by atomic mass is 9.78. The van der Waals surface area contributed by atoms with Crippen molar-refractivity contribution in [2.75, 3.05) is 14.1 Å². The van der Waals surface area contributed by atoms with Gasteiger partial charge in [-0.1, -0.05) is 94.4 Å². The van der Waals surface area contributed by atoms with Crippen LogP contribution in [-0.2, 0) is 9.59 Å². The van der Waals surface area contributed by atoms with Crippen LogP contribution >= 0.6 is 0 Å². The van der Waals surface area contributed by atoms with E-state index in [4.69, 9.17) is 0 Å². The molecule has 204 valence electrons. The van der Waals surface area contributed by atoms with Gasteiger partial charge in [0, 0.05) is 50.4 Å². The molecule has 4 nitrogen and oxygen atoms in total. The summed E-state index contributed by atoms with van der Waals surface area (Å²) in [6.07, 6.45) is 5.23. The second-order valence-electron chi connectivity index (χ2n) is 9.47. The molecule has 2 aliphatic heterocycles. The summed E-state index contributed by atoms with van der Waals surface area (Å²) in [6, 6.07) is 21.6. The molecule has 2 amide bonds. The van der Waals surface area contributed by atoms with Gasteiger partial charge < -0.3 is 9.80 Å². The van der Waals surface area contributed by atoms with Crippen LogP contribution in [0, 0.1) is 5.92 Å². The highest BCUT2D eigenvalue weighted by Crippen LogP contribution is 2.36. The Kier molecular flexibility index (Phi) is 14.6. The molecule has 4 rings (SSSR count). The molecule has 2 aromatic carbocycles. The lowest BCUT2D eigenvalue weighted by Gasteiger charge is -2.41. The number of nitrogens with zero attached hydrogens (tertiary/aromatic N) is 2. The fourth-order valence-electron chi connectivity index (χ4n) is 5.21. The topological polar surface area (TPSA) is 40.6 Å². The Morgan fingerprint density at radius 2 is 1.24 bits per heavy atom. The Hall–Kier alpha value is -2.88. The number of hydrogen-bond acceptors (Lipinski definition) is 2. The van der Waals surface area contributed by atoms with E-state index in [1.165, 1.54) is 11.1 Å². The number of carbonyl (C=O) groups is 2. The van der Waals surface area contributed by atoms with Crippen molar-refractivity contribution in [2.45, 2.75) is 91.1 Å². The zero-order valence-electron chi connectivity index (χ0n) is 24.5. The maximum Gasteiger partial charge on any atom is 0.226 e. The minimum absolute atomic E-state index is 0.0916. The average molecular weight is 507 g/mol. The van der Waals surface area contributed by atoms with E-state index in [-0.39, 0.29) is 23.8 Å². The van der Waals surface area contributed by atoms with Crippen LogP contribution in [0.4, 0.5) is 0 Å². The van der Waals surface area contributed by atoms with E-state index in [9.17, 15) is 9.59 Å². The Labute approximate surface area is 226 Å². The fraction of sp³-hybridized carbons (Fsp3) is 0.515. The molecule has 0 N–H and O–H groups in total. The Balaban J connectivity index is 0.000000330. The van der Waals surface area contributed by atoms with E-state index in [1.807, 2.05) is 69.8 Å². The van der Waals surface area contributed by atoms with Crippen molar-refractivity contribution in [2.24, 2.45) is 5.92 Å². The standard InChI is InChI=1S/C16H21NO.C13H17NO.2C2H6/c1-4-8-14-11-15(12(2)17(3)16(14)18)13-9-6-5-7-10-13;1-10-12(8-9-13(15)14(10)2)11-6-4-3-5-7-11;2*1-2/h4-7,9-10,12,14-15H,1,8,11H2,2-3H3;3-7,10,12H,8-9H2,1-2H3;2*1-2H3. The van der Waals surface area contributed by atoms with Gasteiger partial charge in [0.2, 0.25) is 11.8 Å². The molecule has 0 radical (unpaired) electrons. The molecule has 37 heavy (non-hydrogen) atoms. The quantitative estimate of drug-likeness (QED) is 0.399. The number of allylic oxidation sites excluding steroid dienone is 1. The first-order chi connectivity index (χ1) is 17.8. The van der Waals surface area contributed by atoms with Crippen molar-refractivity contribution in [3.63, 3.8) is 0 Å². The summed E-state index contributed by atoms with van der Waals surface area (Å²) in [5, 5.41) is 0. The normalized spacial score (nSPS) is 24.9. The second kappa shape index (κ2) is 16.8. The van der Waals surface area contributed by atoms with Crippen LogP contribution in [0.3, 0.4) is 0 Å². The lowest BCUT2D eigenvalue weighted by Crippen LogP contribution is -2.47. The number of likely N-dealkylation sites (N-methyl/N-ethyl adjacent to an activating group) is 2. The minimum atomic E-state index is 0.0916. The van der Waals surface area contributed by atoms with Gasteiger partial charge in [-0.25, -0.2) is 0 Å². The maximum atomic E-state index is 12.2. The third kappa shape index (κ3) is 8.59. The molecule has 0 saturated carbocycles. The van der Waals surface area contributed by atoms with Gasteiger partial charge in [0.1, 0.15) is 0 Å². The van der Waals surface area contributed by atoms with Crippen molar-refractivity contribution >= 4 is 11.8 Å². The summed E-state index contributed by atoms with van der Waals surface area (Å²) >= 11 is 0. The van der Waals surface area contributed by atoms with Gasteiger partial charge in [-0.15, -0.1) is 6.58 Å². The van der Waals surface area contributed by atoms with E-state index in [2.05, 4.69) is 69.0 Å². The van der Waals surface area contributed by atoms with E-state index in [0.717, 1.165) is 19.3 Å². The summed E-state index contributed by atoms with van der Waals surface area (Å²) in [5.74, 6) is 1.55. The lowest BCUT2D eigenvalue weighted by molar-refractivity contribution is -0.140. The molecule has 2 aromatic rings. The molecule has 2 fully saturated rings. The Morgan fingerprint density at radius 1 is 0.784 bits per heavy atom. The van der Waals surface area contributed by atoms with Gasteiger partial charge in [-0.05, 0) is 44.2 Å². The van der Waals surface area contributed by atoms with Crippen LogP contribution in [-0.4, -0.2) is 47.8 Å². The van der Waals surface area contributed by atoms with Crippen LogP contribution in [0.25, 0.3) is 0 Å². The number of carbonyl (C=O) groups excluding carboxylic acids is 2. The predicted octanol–water partition coefficient (Wildman–Crippen LogP) is 7.68. The van der Waals surface area contributed by atoms with Crippen LogP contribution in [0.2, 0.25) is 0 Å². The zero-order valence-corrected chi connectivity index (χ0v) is 24.5. The van der Waals surface area contributed by atoms with E-state index in [1.54, 1.807) is 0 Å². The molecule has 2 aliphatic rings. The maximum absolute atomic E-state index is 12.2. The van der Waals surface area contributed by atoms with Crippen LogP contribution in [0.1, 0.15) is 90.2 Å². The first kappa shape index (κ1) is 32.1. The molecule has 0 bridgehead atoms. The molecule has 0 spiro atoms. The highest BCUT2D eigenvalue weighted by atomic mass is 16.2. The average Bonchev–Trinajstić information content (AvgIpc) is 2.95. The van der Waals surface area contributed by atoms with Gasteiger partial charge in [0.15, 0.2) is 0 Å². The molecule has 0 aliphatic carbocycles. The van der Waals surface area contributed by atoms with Gasteiger partial charge >= 0.3 is 0 Å². The molecule has 4 heteroatoms. The third-order valence-corrected chi connectivity index (χ3v) is 7.59. The number of amides is 2. The third-order valence-electron chi connectivity index (χ3n) is 7.59. The summed E-state index contributed by atoms with van der Waals surface area (Å²) in [5.41, 5.74) is 2.68. The molecular weight excluding hydrogens is 456 g/mol. The van der Waals surface area contributed by atoms with Crippen molar-refractivity contribution in [3.8, 4) is 0 Å². The highest BCUT2D eigenvalue weighted by Gasteiger charge is 2.37. The smallest absolute Gasteiger partial charge is 0.226 e. The minimum Gasteiger partial charge on any atom is -0.342 e. The van der Waals surface area contributed by atoms with E-state index in [0.29, 0.717) is 24.3 Å². The second-order valence-corrected chi connectivity index (χ2v) is 9.47. The Morgan fingerprint density at radius 3 is 1.73 bits per heavy atom. The van der Waals surface area contributed by atoms with Crippen LogP contribution < -0.4 is 0 Å². The van der Waals surface area contributed by atoms with E-state index < -0.39 is 0 Å².